The van der Waals surface area contributed by atoms with E-state index in [2.05, 4.69) is 11.2 Å². The topological polar surface area (TPSA) is 41.9 Å². The molecular weight excluding hydrogens is 364 g/mol. The smallest absolute Gasteiger partial charge is 0.271 e. The van der Waals surface area contributed by atoms with E-state index in [4.69, 9.17) is 16.4 Å². The summed E-state index contributed by atoms with van der Waals surface area (Å²) in [6.07, 6.45) is 0.894. The van der Waals surface area contributed by atoms with Crippen molar-refractivity contribution in [3.8, 4) is 0 Å². The number of rotatable bonds is 2. The quantitative estimate of drug-likeness (QED) is 0.776. The van der Waals surface area contributed by atoms with Gasteiger partial charge in [-0.3, -0.25) is 4.79 Å². The molecule has 124 valence electrons. The molecule has 0 fully saturated rings. The van der Waals surface area contributed by atoms with E-state index in [9.17, 15) is 4.79 Å². The third-order valence-corrected chi connectivity index (χ3v) is 6.44. The van der Waals surface area contributed by atoms with Crippen LogP contribution in [0.25, 0.3) is 0 Å². The van der Waals surface area contributed by atoms with Crippen molar-refractivity contribution in [2.75, 3.05) is 17.2 Å². The minimum atomic E-state index is -0.558. The maximum Gasteiger partial charge on any atom is 0.271 e. The van der Waals surface area contributed by atoms with Crippen LogP contribution in [0.2, 0.25) is 4.34 Å². The van der Waals surface area contributed by atoms with Gasteiger partial charge in [-0.1, -0.05) is 28.9 Å². The van der Waals surface area contributed by atoms with E-state index < -0.39 is 6.10 Å². The molecule has 4 rings (SSSR count). The van der Waals surface area contributed by atoms with Gasteiger partial charge in [0, 0.05) is 17.9 Å². The monoisotopic (exact) mass is 378 g/mol. The third kappa shape index (κ3) is 3.06. The van der Waals surface area contributed by atoms with Crippen LogP contribution in [0, 0.1) is 0 Å². The fourth-order valence-corrected chi connectivity index (χ4v) is 4.88. The Morgan fingerprint density at radius 2 is 2.17 bits per heavy atom. The van der Waals surface area contributed by atoms with E-state index in [1.807, 2.05) is 35.2 Å². The molecule has 0 bridgehead atoms. The zero-order chi connectivity index (χ0) is 16.5. The van der Waals surface area contributed by atoms with Gasteiger partial charge in [-0.2, -0.15) is 0 Å². The van der Waals surface area contributed by atoms with Crippen LogP contribution in [-0.4, -0.2) is 30.0 Å². The van der Waals surface area contributed by atoms with Crippen molar-refractivity contribution in [1.29, 1.82) is 0 Å². The number of carbonyl (C=O) groups excluding carboxylic acids is 1. The number of thiophene rings is 1. The summed E-state index contributed by atoms with van der Waals surface area (Å²) >= 11 is 9.23. The number of anilines is 1. The second-order valence-electron chi connectivity index (χ2n) is 5.60. The summed E-state index contributed by atoms with van der Waals surface area (Å²) in [6.45, 7) is 0.711. The van der Waals surface area contributed by atoms with Crippen LogP contribution < -0.4 is 4.90 Å². The summed E-state index contributed by atoms with van der Waals surface area (Å²) < 4.78 is 0.709. The molecule has 0 N–H and O–H groups in total. The Hall–Kier alpha value is -1.50. The fourth-order valence-electron chi connectivity index (χ4n) is 2.85. The first-order chi connectivity index (χ1) is 11.7. The lowest BCUT2D eigenvalue weighted by Gasteiger charge is -2.24. The summed E-state index contributed by atoms with van der Waals surface area (Å²) in [4.78, 5) is 22.4. The van der Waals surface area contributed by atoms with E-state index >= 15 is 0 Å². The number of carbonyl (C=O) groups is 1. The molecule has 0 radical (unpaired) electrons. The average Bonchev–Trinajstić information content (AvgIpc) is 3.19. The van der Waals surface area contributed by atoms with Crippen LogP contribution >= 0.6 is 34.7 Å². The lowest BCUT2D eigenvalue weighted by molar-refractivity contribution is -0.128. The molecule has 0 spiro atoms. The molecule has 0 saturated heterocycles. The Bertz CT molecular complexity index is 805. The first kappa shape index (κ1) is 16.0. The maximum atomic E-state index is 13.0. The number of amides is 1. The van der Waals surface area contributed by atoms with Crippen molar-refractivity contribution in [3.63, 3.8) is 0 Å². The van der Waals surface area contributed by atoms with Crippen molar-refractivity contribution in [2.45, 2.75) is 23.8 Å². The van der Waals surface area contributed by atoms with Crippen LogP contribution in [0.1, 0.15) is 17.7 Å². The maximum absolute atomic E-state index is 13.0. The van der Waals surface area contributed by atoms with Crippen LogP contribution in [-0.2, 0) is 9.63 Å². The van der Waals surface area contributed by atoms with Crippen molar-refractivity contribution < 1.29 is 9.63 Å². The van der Waals surface area contributed by atoms with Gasteiger partial charge >= 0.3 is 0 Å². The van der Waals surface area contributed by atoms with Gasteiger partial charge < -0.3 is 9.74 Å². The lowest BCUT2D eigenvalue weighted by atomic mass is 10.1. The molecule has 2 aliphatic heterocycles. The predicted octanol–water partition coefficient (Wildman–Crippen LogP) is 4.42. The van der Waals surface area contributed by atoms with Gasteiger partial charge in [0.25, 0.3) is 5.91 Å². The molecule has 1 aromatic carbocycles. The highest BCUT2D eigenvalue weighted by Gasteiger charge is 2.34. The van der Waals surface area contributed by atoms with Gasteiger partial charge in [-0.15, -0.1) is 23.1 Å². The molecule has 24 heavy (non-hydrogen) atoms. The van der Waals surface area contributed by atoms with Gasteiger partial charge in [0.05, 0.1) is 14.9 Å². The zero-order valence-electron chi connectivity index (χ0n) is 12.8. The number of oxime groups is 1. The Balaban J connectivity index is 1.53. The highest BCUT2D eigenvalue weighted by Crippen LogP contribution is 2.35. The van der Waals surface area contributed by atoms with Gasteiger partial charge in [0.1, 0.15) is 5.71 Å². The molecule has 1 unspecified atom stereocenters. The van der Waals surface area contributed by atoms with Gasteiger partial charge in [0.2, 0.25) is 6.10 Å². The standard InChI is InChI=1S/C17H15ClN2O2S2/c18-16-7-6-14(24-16)11-10-13(22-19-11)17(21)20-8-3-9-23-15-5-2-1-4-12(15)20/h1-2,4-7,13H,3,8-10H2. The summed E-state index contributed by atoms with van der Waals surface area (Å²) in [7, 11) is 0. The number of halogens is 1. The number of thioether (sulfide) groups is 1. The second kappa shape index (κ2) is 6.78. The van der Waals surface area contributed by atoms with E-state index in [1.165, 1.54) is 11.3 Å². The Kier molecular flexibility index (Phi) is 4.52. The molecule has 3 heterocycles. The fraction of sp³-hybridized carbons (Fsp3) is 0.294. The van der Waals surface area contributed by atoms with Gasteiger partial charge in [0.15, 0.2) is 0 Å². The van der Waals surface area contributed by atoms with Crippen LogP contribution in [0.15, 0.2) is 46.4 Å². The average molecular weight is 379 g/mol. The summed E-state index contributed by atoms with van der Waals surface area (Å²) in [5, 5.41) is 4.11. The van der Waals surface area contributed by atoms with Crippen LogP contribution in [0.4, 0.5) is 5.69 Å². The molecule has 1 aromatic heterocycles. The van der Waals surface area contributed by atoms with Gasteiger partial charge in [-0.25, -0.2) is 0 Å². The molecule has 2 aromatic rings. The Morgan fingerprint density at radius 3 is 3.00 bits per heavy atom. The third-order valence-electron chi connectivity index (χ3n) is 4.01. The normalized spacial score (nSPS) is 20.1. The highest BCUT2D eigenvalue weighted by molar-refractivity contribution is 7.99. The first-order valence-corrected chi connectivity index (χ1v) is 9.92. The molecule has 0 saturated carbocycles. The first-order valence-electron chi connectivity index (χ1n) is 7.74. The number of nitrogens with zero attached hydrogens (tertiary/aromatic N) is 2. The highest BCUT2D eigenvalue weighted by atomic mass is 35.5. The molecule has 7 heteroatoms. The SMILES string of the molecule is O=C(C1CC(c2ccc(Cl)s2)=NO1)N1CCCSc2ccccc21. The molecular formula is C17H15ClN2O2S2. The number of fused-ring (bicyclic) bond motifs is 1. The Morgan fingerprint density at radius 1 is 1.29 bits per heavy atom. The predicted molar refractivity (Wildman–Crippen MR) is 99.5 cm³/mol. The largest absolute Gasteiger partial charge is 0.382 e. The van der Waals surface area contributed by atoms with Crippen molar-refractivity contribution in [2.24, 2.45) is 5.16 Å². The molecule has 2 aliphatic rings. The number of hydrogen-bond acceptors (Lipinski definition) is 5. The summed E-state index contributed by atoms with van der Waals surface area (Å²) in [5.74, 6) is 0.994. The van der Waals surface area contributed by atoms with E-state index in [1.54, 1.807) is 11.8 Å². The number of benzene rings is 1. The van der Waals surface area contributed by atoms with Crippen LogP contribution in [0.3, 0.4) is 0 Å². The minimum absolute atomic E-state index is 0.0219. The molecule has 1 amide bonds. The lowest BCUT2D eigenvalue weighted by Crippen LogP contribution is -2.40. The molecule has 0 aliphatic carbocycles. The van der Waals surface area contributed by atoms with E-state index in [0.29, 0.717) is 17.3 Å². The zero-order valence-corrected chi connectivity index (χ0v) is 15.2. The minimum Gasteiger partial charge on any atom is -0.382 e. The van der Waals surface area contributed by atoms with Crippen LogP contribution in [0.5, 0.6) is 0 Å². The summed E-state index contributed by atoms with van der Waals surface area (Å²) in [6, 6.07) is 11.8. The van der Waals surface area contributed by atoms with Crippen molar-refractivity contribution in [1.82, 2.24) is 0 Å². The van der Waals surface area contributed by atoms with Crippen molar-refractivity contribution >= 4 is 52.0 Å². The van der Waals surface area contributed by atoms with Crippen molar-refractivity contribution in [3.05, 3.63) is 45.6 Å². The van der Waals surface area contributed by atoms with Gasteiger partial charge in [-0.05, 0) is 36.4 Å². The molecule has 4 nitrogen and oxygen atoms in total. The van der Waals surface area contributed by atoms with E-state index in [-0.39, 0.29) is 5.91 Å². The Labute approximate surface area is 153 Å². The second-order valence-corrected chi connectivity index (χ2v) is 8.45. The number of hydrogen-bond donors (Lipinski definition) is 0. The molecule has 1 atom stereocenters. The number of para-hydroxylation sites is 1. The van der Waals surface area contributed by atoms with E-state index in [0.717, 1.165) is 33.3 Å². The summed E-state index contributed by atoms with van der Waals surface area (Å²) in [5.41, 5.74) is 1.77.